The predicted molar refractivity (Wildman–Crippen MR) is 109 cm³/mol. The van der Waals surface area contributed by atoms with Crippen LogP contribution in [0, 0.1) is 13.8 Å². The van der Waals surface area contributed by atoms with E-state index in [2.05, 4.69) is 25.9 Å². The fourth-order valence-corrected chi connectivity index (χ4v) is 3.00. The Bertz CT molecular complexity index is 1190. The molecule has 7 nitrogen and oxygen atoms in total. The molecule has 0 unspecified atom stereocenters. The van der Waals surface area contributed by atoms with Gasteiger partial charge in [0.25, 0.3) is 5.91 Å². The number of rotatable bonds is 4. The summed E-state index contributed by atoms with van der Waals surface area (Å²) in [7, 11) is 0. The van der Waals surface area contributed by atoms with Gasteiger partial charge >= 0.3 is 0 Å². The Morgan fingerprint density at radius 1 is 1.11 bits per heavy atom. The summed E-state index contributed by atoms with van der Waals surface area (Å²) in [4.78, 5) is 20.9. The van der Waals surface area contributed by atoms with Crippen molar-refractivity contribution in [2.24, 2.45) is 0 Å². The number of hydrazine groups is 1. The van der Waals surface area contributed by atoms with Gasteiger partial charge in [0.1, 0.15) is 6.33 Å². The van der Waals surface area contributed by atoms with Gasteiger partial charge in [-0.3, -0.25) is 15.6 Å². The van der Waals surface area contributed by atoms with E-state index in [0.29, 0.717) is 27.4 Å². The molecule has 2 N–H and O–H groups in total. The highest BCUT2D eigenvalue weighted by atomic mass is 35.5. The van der Waals surface area contributed by atoms with Gasteiger partial charge in [-0.15, -0.1) is 0 Å². The Morgan fingerprint density at radius 2 is 1.96 bits per heavy atom. The van der Waals surface area contributed by atoms with E-state index in [1.165, 1.54) is 6.33 Å². The van der Waals surface area contributed by atoms with Gasteiger partial charge in [-0.2, -0.15) is 5.10 Å². The van der Waals surface area contributed by atoms with Gasteiger partial charge in [-0.1, -0.05) is 35.4 Å². The molecule has 4 rings (SSSR count). The predicted octanol–water partition coefficient (Wildman–Crippen LogP) is 3.84. The number of hydrogen-bond donors (Lipinski definition) is 2. The number of nitrogens with zero attached hydrogens (tertiary/aromatic N) is 4. The lowest BCUT2D eigenvalue weighted by molar-refractivity contribution is 0.0962. The van der Waals surface area contributed by atoms with Gasteiger partial charge in [0, 0.05) is 10.6 Å². The van der Waals surface area contributed by atoms with Crippen LogP contribution in [0.3, 0.4) is 0 Å². The first kappa shape index (κ1) is 17.9. The Hall–Kier alpha value is -3.45. The molecule has 2 heterocycles. The third-order valence-electron chi connectivity index (χ3n) is 4.34. The largest absolute Gasteiger partial charge is 0.281 e. The number of carbonyl (C=O) groups is 1. The molecule has 0 bridgehead atoms. The van der Waals surface area contributed by atoms with Crippen LogP contribution in [0.2, 0.25) is 5.02 Å². The minimum Gasteiger partial charge on any atom is -0.281 e. The maximum absolute atomic E-state index is 12.3. The van der Waals surface area contributed by atoms with Crippen LogP contribution in [0.5, 0.6) is 0 Å². The molecule has 0 aliphatic heterocycles. The van der Waals surface area contributed by atoms with Gasteiger partial charge in [0.05, 0.1) is 17.3 Å². The standard InChI is InChI=1S/C20H17ClN6O/c1-12-4-3-5-14(8-12)20(28)26-25-18-16-10-24-27(19(16)23-11-22-18)15-7-6-13(2)17(21)9-15/h3-11H,1-2H3,(H,26,28)(H,22,23,25). The summed E-state index contributed by atoms with van der Waals surface area (Å²) in [5.74, 6) is 0.198. The van der Waals surface area contributed by atoms with Gasteiger partial charge in [0.15, 0.2) is 11.5 Å². The highest BCUT2D eigenvalue weighted by Gasteiger charge is 2.13. The van der Waals surface area contributed by atoms with E-state index in [0.717, 1.165) is 16.8 Å². The molecule has 0 aliphatic rings. The van der Waals surface area contributed by atoms with Crippen molar-refractivity contribution in [3.05, 3.63) is 76.7 Å². The fraction of sp³-hybridized carbons (Fsp3) is 0.100. The zero-order valence-corrected chi connectivity index (χ0v) is 16.0. The summed E-state index contributed by atoms with van der Waals surface area (Å²) in [6.45, 7) is 3.87. The Kier molecular flexibility index (Phi) is 4.67. The third-order valence-corrected chi connectivity index (χ3v) is 4.75. The van der Waals surface area contributed by atoms with Crippen LogP contribution in [0.4, 0.5) is 5.82 Å². The molecular formula is C20H17ClN6O. The molecule has 140 valence electrons. The Morgan fingerprint density at radius 3 is 2.75 bits per heavy atom. The second-order valence-corrected chi connectivity index (χ2v) is 6.81. The third kappa shape index (κ3) is 3.39. The van der Waals surface area contributed by atoms with E-state index in [9.17, 15) is 4.79 Å². The van der Waals surface area contributed by atoms with E-state index in [-0.39, 0.29) is 5.91 Å². The Labute approximate surface area is 166 Å². The highest BCUT2D eigenvalue weighted by molar-refractivity contribution is 6.31. The van der Waals surface area contributed by atoms with Crippen molar-refractivity contribution in [3.63, 3.8) is 0 Å². The highest BCUT2D eigenvalue weighted by Crippen LogP contribution is 2.24. The van der Waals surface area contributed by atoms with Crippen molar-refractivity contribution in [3.8, 4) is 5.69 Å². The second kappa shape index (κ2) is 7.28. The SMILES string of the molecule is Cc1cccc(C(=O)NNc2ncnc3c2cnn3-c2ccc(C)c(Cl)c2)c1. The topological polar surface area (TPSA) is 84.7 Å². The zero-order chi connectivity index (χ0) is 19.7. The number of nitrogens with one attached hydrogen (secondary N) is 2. The Balaban J connectivity index is 1.61. The zero-order valence-electron chi connectivity index (χ0n) is 15.3. The minimum atomic E-state index is -0.256. The molecule has 0 atom stereocenters. The van der Waals surface area contributed by atoms with Crippen molar-refractivity contribution < 1.29 is 4.79 Å². The normalized spacial score (nSPS) is 10.8. The number of benzene rings is 2. The number of aromatic nitrogens is 4. The van der Waals surface area contributed by atoms with Crippen LogP contribution in [0.1, 0.15) is 21.5 Å². The van der Waals surface area contributed by atoms with Crippen molar-refractivity contribution in [2.45, 2.75) is 13.8 Å². The van der Waals surface area contributed by atoms with E-state index < -0.39 is 0 Å². The molecule has 2 aromatic carbocycles. The molecule has 0 saturated carbocycles. The van der Waals surface area contributed by atoms with Crippen molar-refractivity contribution in [1.82, 2.24) is 25.2 Å². The van der Waals surface area contributed by atoms with E-state index in [4.69, 9.17) is 11.6 Å². The lowest BCUT2D eigenvalue weighted by atomic mass is 10.1. The first-order chi connectivity index (χ1) is 13.5. The minimum absolute atomic E-state index is 0.256. The molecular weight excluding hydrogens is 376 g/mol. The fourth-order valence-electron chi connectivity index (χ4n) is 2.82. The van der Waals surface area contributed by atoms with Crippen molar-refractivity contribution in [2.75, 3.05) is 5.43 Å². The molecule has 8 heteroatoms. The molecule has 0 fully saturated rings. The number of aryl methyl sites for hydroxylation is 2. The summed E-state index contributed by atoms with van der Waals surface area (Å²) in [6, 6.07) is 13.0. The number of carbonyl (C=O) groups excluding carboxylic acids is 1. The molecule has 4 aromatic rings. The summed E-state index contributed by atoms with van der Waals surface area (Å²) in [5, 5.41) is 5.72. The average molecular weight is 393 g/mol. The first-order valence-electron chi connectivity index (χ1n) is 8.61. The van der Waals surface area contributed by atoms with Gasteiger partial charge in [0.2, 0.25) is 0 Å². The van der Waals surface area contributed by atoms with E-state index in [1.54, 1.807) is 16.9 Å². The summed E-state index contributed by atoms with van der Waals surface area (Å²) in [6.07, 6.45) is 3.06. The lowest BCUT2D eigenvalue weighted by Gasteiger charge is -2.09. The molecule has 0 aliphatic carbocycles. The van der Waals surface area contributed by atoms with E-state index >= 15 is 0 Å². The smallest absolute Gasteiger partial charge is 0.269 e. The van der Waals surface area contributed by atoms with Crippen LogP contribution in [-0.4, -0.2) is 25.7 Å². The molecule has 0 radical (unpaired) electrons. The number of amides is 1. The first-order valence-corrected chi connectivity index (χ1v) is 8.99. The molecule has 0 saturated heterocycles. The summed E-state index contributed by atoms with van der Waals surface area (Å²) in [5.41, 5.74) is 9.47. The molecule has 28 heavy (non-hydrogen) atoms. The van der Waals surface area contributed by atoms with Crippen LogP contribution in [-0.2, 0) is 0 Å². The van der Waals surface area contributed by atoms with Crippen LogP contribution >= 0.6 is 11.6 Å². The van der Waals surface area contributed by atoms with Gasteiger partial charge in [-0.05, 0) is 43.7 Å². The van der Waals surface area contributed by atoms with Crippen molar-refractivity contribution >= 4 is 34.4 Å². The number of fused-ring (bicyclic) bond motifs is 1. The average Bonchev–Trinajstić information content (AvgIpc) is 3.13. The quantitative estimate of drug-likeness (QED) is 0.515. The monoisotopic (exact) mass is 392 g/mol. The molecule has 1 amide bonds. The maximum atomic E-state index is 12.3. The van der Waals surface area contributed by atoms with Gasteiger partial charge in [-0.25, -0.2) is 14.6 Å². The summed E-state index contributed by atoms with van der Waals surface area (Å²) < 4.78 is 1.68. The summed E-state index contributed by atoms with van der Waals surface area (Å²) >= 11 is 6.23. The van der Waals surface area contributed by atoms with E-state index in [1.807, 2.05) is 50.2 Å². The van der Waals surface area contributed by atoms with Crippen LogP contribution < -0.4 is 10.9 Å². The second-order valence-electron chi connectivity index (χ2n) is 6.40. The van der Waals surface area contributed by atoms with Crippen molar-refractivity contribution in [1.29, 1.82) is 0 Å². The number of halogens is 1. The maximum Gasteiger partial charge on any atom is 0.269 e. The van der Waals surface area contributed by atoms with Gasteiger partial charge < -0.3 is 0 Å². The van der Waals surface area contributed by atoms with Crippen LogP contribution in [0.15, 0.2) is 55.0 Å². The number of anilines is 1. The molecule has 2 aromatic heterocycles. The van der Waals surface area contributed by atoms with Crippen LogP contribution in [0.25, 0.3) is 16.7 Å². The number of hydrogen-bond acceptors (Lipinski definition) is 5. The molecule has 0 spiro atoms. The lowest BCUT2D eigenvalue weighted by Crippen LogP contribution is -2.29.